The summed E-state index contributed by atoms with van der Waals surface area (Å²) >= 11 is 0. The van der Waals surface area contributed by atoms with Gasteiger partial charge in [-0.2, -0.15) is 0 Å². The lowest BCUT2D eigenvalue weighted by atomic mass is 9.99. The van der Waals surface area contributed by atoms with Gasteiger partial charge in [0, 0.05) is 12.5 Å². The molecule has 1 saturated heterocycles. The Bertz CT molecular complexity index is 916. The maximum atomic E-state index is 13.2. The zero-order valence-corrected chi connectivity index (χ0v) is 17.8. The monoisotopic (exact) mass is 422 g/mol. The average molecular weight is 423 g/mol. The summed E-state index contributed by atoms with van der Waals surface area (Å²) in [4.78, 5) is 15.5. The molecule has 6 heteroatoms. The van der Waals surface area contributed by atoms with Crippen LogP contribution in [0.2, 0.25) is 0 Å². The van der Waals surface area contributed by atoms with Crippen molar-refractivity contribution in [2.45, 2.75) is 37.8 Å². The van der Waals surface area contributed by atoms with E-state index in [0.717, 1.165) is 31.5 Å². The zero-order valence-electron chi connectivity index (χ0n) is 17.8. The van der Waals surface area contributed by atoms with Crippen molar-refractivity contribution in [2.24, 2.45) is 5.92 Å². The molecule has 0 radical (unpaired) electrons. The van der Waals surface area contributed by atoms with Gasteiger partial charge in [0.1, 0.15) is 19.3 Å². The van der Waals surface area contributed by atoms with Gasteiger partial charge in [-0.3, -0.25) is 4.79 Å². The van der Waals surface area contributed by atoms with Crippen LogP contribution in [0.1, 0.15) is 35.6 Å². The van der Waals surface area contributed by atoms with Gasteiger partial charge in [-0.25, -0.2) is 0 Å². The van der Waals surface area contributed by atoms with Gasteiger partial charge >= 0.3 is 0 Å². The zero-order chi connectivity index (χ0) is 21.2. The molecule has 0 saturated carbocycles. The minimum Gasteiger partial charge on any atom is -0.486 e. The number of rotatable bonds is 6. The summed E-state index contributed by atoms with van der Waals surface area (Å²) in [6.45, 7) is 3.69. The summed E-state index contributed by atoms with van der Waals surface area (Å²) in [5.74, 6) is 1.30. The molecule has 5 rings (SSSR count). The van der Waals surface area contributed by atoms with Crippen molar-refractivity contribution >= 4 is 5.91 Å². The second-order valence-corrected chi connectivity index (χ2v) is 8.84. The lowest BCUT2D eigenvalue weighted by molar-refractivity contribution is -0.126. The summed E-state index contributed by atoms with van der Waals surface area (Å²) in [5, 5.41) is 14.5. The number of ether oxygens (including phenoxy) is 2. The number of amides is 1. The molecule has 2 aromatic carbocycles. The van der Waals surface area contributed by atoms with Gasteiger partial charge in [-0.05, 0) is 67.6 Å². The third kappa shape index (κ3) is 4.41. The summed E-state index contributed by atoms with van der Waals surface area (Å²) in [6, 6.07) is 13.4. The maximum Gasteiger partial charge on any atom is 0.224 e. The van der Waals surface area contributed by atoms with Crippen LogP contribution in [0.4, 0.5) is 0 Å². The molecule has 3 aliphatic rings. The Morgan fingerprint density at radius 2 is 1.71 bits per heavy atom. The number of aliphatic hydroxyl groups is 1. The molecule has 0 aromatic heterocycles. The summed E-state index contributed by atoms with van der Waals surface area (Å²) in [6.07, 6.45) is 3.04. The number of hydrogen-bond acceptors (Lipinski definition) is 5. The predicted octanol–water partition coefficient (Wildman–Crippen LogP) is 2.49. The van der Waals surface area contributed by atoms with E-state index >= 15 is 0 Å². The Balaban J connectivity index is 1.32. The number of nitrogens with one attached hydrogen (secondary N) is 1. The Morgan fingerprint density at radius 1 is 1.03 bits per heavy atom. The predicted molar refractivity (Wildman–Crippen MR) is 117 cm³/mol. The van der Waals surface area contributed by atoms with Gasteiger partial charge in [-0.15, -0.1) is 0 Å². The Labute approximate surface area is 183 Å². The van der Waals surface area contributed by atoms with Gasteiger partial charge in [0.25, 0.3) is 0 Å². The smallest absolute Gasteiger partial charge is 0.224 e. The second-order valence-electron chi connectivity index (χ2n) is 8.84. The van der Waals surface area contributed by atoms with Crippen LogP contribution in [-0.4, -0.2) is 54.8 Å². The molecule has 6 nitrogen and oxygen atoms in total. The standard InChI is InChI=1S/C25H30N2O4/c28-24(19-7-8-22-23(15-19)31-12-11-30-22)21(16-27-9-3-4-10-27)26-25(29)20-13-17-5-1-2-6-18(17)14-20/h1-2,5-8,15,20-21,24,28H,3-4,9-14,16H2,(H,26,29)/t21-,24+/m1/s1. The van der Waals surface area contributed by atoms with E-state index < -0.39 is 6.10 Å². The molecule has 1 fully saturated rings. The van der Waals surface area contributed by atoms with Crippen molar-refractivity contribution in [1.29, 1.82) is 0 Å². The highest BCUT2D eigenvalue weighted by molar-refractivity contribution is 5.80. The fourth-order valence-electron chi connectivity index (χ4n) is 4.99. The fraction of sp³-hybridized carbons (Fsp3) is 0.480. The van der Waals surface area contributed by atoms with Crippen LogP contribution in [0, 0.1) is 5.92 Å². The minimum atomic E-state index is -0.816. The van der Waals surface area contributed by atoms with Crippen LogP contribution < -0.4 is 14.8 Å². The van der Waals surface area contributed by atoms with Crippen molar-refractivity contribution in [3.8, 4) is 11.5 Å². The van der Waals surface area contributed by atoms with Crippen molar-refractivity contribution < 1.29 is 19.4 Å². The molecule has 2 aliphatic heterocycles. The van der Waals surface area contributed by atoms with Crippen LogP contribution in [-0.2, 0) is 17.6 Å². The highest BCUT2D eigenvalue weighted by Gasteiger charge is 2.32. The number of benzene rings is 2. The van der Waals surface area contributed by atoms with Gasteiger partial charge in [0.05, 0.1) is 6.04 Å². The number of hydrogen-bond donors (Lipinski definition) is 2. The first kappa shape index (κ1) is 20.3. The molecule has 0 spiro atoms. The molecule has 0 bridgehead atoms. The first-order valence-corrected chi connectivity index (χ1v) is 11.3. The third-order valence-corrected chi connectivity index (χ3v) is 6.69. The van der Waals surface area contributed by atoms with Crippen molar-refractivity contribution in [3.05, 3.63) is 59.2 Å². The molecule has 2 N–H and O–H groups in total. The van der Waals surface area contributed by atoms with Gasteiger partial charge < -0.3 is 24.8 Å². The quantitative estimate of drug-likeness (QED) is 0.749. The Morgan fingerprint density at radius 3 is 2.42 bits per heavy atom. The van der Waals surface area contributed by atoms with E-state index in [4.69, 9.17) is 9.47 Å². The molecular weight excluding hydrogens is 392 g/mol. The molecule has 164 valence electrons. The largest absolute Gasteiger partial charge is 0.486 e. The SMILES string of the molecule is O=C(N[C@H](CN1CCCC1)[C@@H](O)c1ccc2c(c1)OCCO2)C1Cc2ccccc2C1. The average Bonchev–Trinajstić information content (AvgIpc) is 3.47. The molecule has 0 unspecified atom stereocenters. The number of fused-ring (bicyclic) bond motifs is 2. The van der Waals surface area contributed by atoms with Gasteiger partial charge in [-0.1, -0.05) is 30.3 Å². The van der Waals surface area contributed by atoms with E-state index in [9.17, 15) is 9.90 Å². The molecule has 1 aliphatic carbocycles. The number of likely N-dealkylation sites (tertiary alicyclic amines) is 1. The Hall–Kier alpha value is -2.57. The molecule has 1 amide bonds. The van der Waals surface area contributed by atoms with E-state index in [0.29, 0.717) is 31.3 Å². The summed E-state index contributed by atoms with van der Waals surface area (Å²) in [7, 11) is 0. The van der Waals surface area contributed by atoms with E-state index in [1.807, 2.05) is 30.3 Å². The first-order valence-electron chi connectivity index (χ1n) is 11.3. The van der Waals surface area contributed by atoms with Crippen LogP contribution >= 0.6 is 0 Å². The molecule has 2 heterocycles. The highest BCUT2D eigenvalue weighted by Crippen LogP contribution is 2.34. The number of carbonyl (C=O) groups is 1. The number of nitrogens with zero attached hydrogens (tertiary/aromatic N) is 1. The summed E-state index contributed by atoms with van der Waals surface area (Å²) in [5.41, 5.74) is 3.25. The lowest BCUT2D eigenvalue weighted by Crippen LogP contribution is -2.48. The second kappa shape index (κ2) is 8.89. The van der Waals surface area contributed by atoms with Crippen molar-refractivity contribution in [3.63, 3.8) is 0 Å². The number of carbonyl (C=O) groups excluding carboxylic acids is 1. The first-order chi connectivity index (χ1) is 15.2. The van der Waals surface area contributed by atoms with Crippen LogP contribution in [0.3, 0.4) is 0 Å². The Kier molecular flexibility index (Phi) is 5.83. The topological polar surface area (TPSA) is 71.0 Å². The van der Waals surface area contributed by atoms with E-state index in [1.54, 1.807) is 0 Å². The van der Waals surface area contributed by atoms with Crippen LogP contribution in [0.25, 0.3) is 0 Å². The normalized spacial score (nSPS) is 20.3. The van der Waals surface area contributed by atoms with Crippen molar-refractivity contribution in [2.75, 3.05) is 32.8 Å². The molecule has 2 atom stereocenters. The lowest BCUT2D eigenvalue weighted by Gasteiger charge is -2.30. The maximum absolute atomic E-state index is 13.2. The fourth-order valence-corrected chi connectivity index (χ4v) is 4.99. The van der Waals surface area contributed by atoms with Gasteiger partial charge in [0.15, 0.2) is 11.5 Å². The number of aliphatic hydroxyl groups excluding tert-OH is 1. The molecule has 31 heavy (non-hydrogen) atoms. The van der Waals surface area contributed by atoms with E-state index in [-0.39, 0.29) is 17.9 Å². The van der Waals surface area contributed by atoms with Crippen LogP contribution in [0.5, 0.6) is 11.5 Å². The molecule has 2 aromatic rings. The van der Waals surface area contributed by atoms with E-state index in [1.165, 1.54) is 24.0 Å². The van der Waals surface area contributed by atoms with E-state index in [2.05, 4.69) is 22.3 Å². The van der Waals surface area contributed by atoms with Crippen molar-refractivity contribution in [1.82, 2.24) is 10.2 Å². The van der Waals surface area contributed by atoms with Crippen LogP contribution in [0.15, 0.2) is 42.5 Å². The third-order valence-electron chi connectivity index (χ3n) is 6.69. The van der Waals surface area contributed by atoms with Gasteiger partial charge in [0.2, 0.25) is 5.91 Å². The summed E-state index contributed by atoms with van der Waals surface area (Å²) < 4.78 is 11.3. The highest BCUT2D eigenvalue weighted by atomic mass is 16.6. The molecular formula is C25H30N2O4. The minimum absolute atomic E-state index is 0.0250.